The Hall–Kier alpha value is -1.39. The number of hydrogen-bond acceptors (Lipinski definition) is 3. The predicted molar refractivity (Wildman–Crippen MR) is 79.4 cm³/mol. The van der Waals surface area contributed by atoms with Gasteiger partial charge in [0.1, 0.15) is 6.10 Å². The minimum Gasteiger partial charge on any atom is -0.384 e. The number of aliphatic hydroxyl groups excluding tert-OH is 1. The summed E-state index contributed by atoms with van der Waals surface area (Å²) < 4.78 is 0. The van der Waals surface area contributed by atoms with Gasteiger partial charge in [0.05, 0.1) is 0 Å². The van der Waals surface area contributed by atoms with Gasteiger partial charge in [-0.1, -0.05) is 29.8 Å². The first kappa shape index (κ1) is 15.0. The molecule has 4 nitrogen and oxygen atoms in total. The molecular weight excluding hydrogens is 252 g/mol. The Morgan fingerprint density at radius 3 is 2.40 bits per heavy atom. The summed E-state index contributed by atoms with van der Waals surface area (Å²) in [4.78, 5) is 15.9. The van der Waals surface area contributed by atoms with Crippen molar-refractivity contribution in [3.63, 3.8) is 0 Å². The molecule has 1 aromatic rings. The minimum atomic E-state index is -0.893. The lowest BCUT2D eigenvalue weighted by atomic mass is 10.0. The van der Waals surface area contributed by atoms with Gasteiger partial charge in [-0.25, -0.2) is 0 Å². The molecule has 1 aliphatic heterocycles. The van der Waals surface area contributed by atoms with Gasteiger partial charge >= 0.3 is 0 Å². The topological polar surface area (TPSA) is 43.8 Å². The van der Waals surface area contributed by atoms with E-state index in [1.165, 1.54) is 18.1 Å². The average molecular weight is 276 g/mol. The quantitative estimate of drug-likeness (QED) is 0.911. The van der Waals surface area contributed by atoms with Gasteiger partial charge < -0.3 is 10.0 Å². The Labute approximate surface area is 121 Å². The number of carbonyl (C=O) groups excluding carboxylic acids is 1. The lowest BCUT2D eigenvalue weighted by Gasteiger charge is -2.38. The van der Waals surface area contributed by atoms with Gasteiger partial charge in [0.25, 0.3) is 5.91 Å². The highest BCUT2D eigenvalue weighted by Gasteiger charge is 2.26. The van der Waals surface area contributed by atoms with E-state index in [2.05, 4.69) is 43.0 Å². The molecular formula is C16H24N2O2. The van der Waals surface area contributed by atoms with Gasteiger partial charge in [0, 0.05) is 32.2 Å². The first-order valence-electron chi connectivity index (χ1n) is 7.26. The number of nitrogens with zero attached hydrogens (tertiary/aromatic N) is 2. The van der Waals surface area contributed by atoms with Crippen LogP contribution in [0.2, 0.25) is 0 Å². The molecule has 2 atom stereocenters. The van der Waals surface area contributed by atoms with Gasteiger partial charge in [-0.3, -0.25) is 9.69 Å². The number of carbonyl (C=O) groups is 1. The van der Waals surface area contributed by atoms with Gasteiger partial charge in [0.15, 0.2) is 0 Å². The third-order valence-corrected chi connectivity index (χ3v) is 4.06. The second-order valence-corrected chi connectivity index (χ2v) is 5.63. The van der Waals surface area contributed by atoms with Crippen LogP contribution in [0.3, 0.4) is 0 Å². The highest BCUT2D eigenvalue weighted by molar-refractivity contribution is 5.80. The van der Waals surface area contributed by atoms with Gasteiger partial charge in [-0.15, -0.1) is 0 Å². The summed E-state index contributed by atoms with van der Waals surface area (Å²) in [5, 5.41) is 9.35. The van der Waals surface area contributed by atoms with E-state index in [4.69, 9.17) is 0 Å². The molecule has 1 fully saturated rings. The standard InChI is InChI=1S/C16H24N2O2/c1-12-5-4-6-15(11-12)13(2)17-7-9-18(10-8-17)16(20)14(3)19/h4-6,11,13-14,19H,7-10H2,1-3H3. The van der Waals surface area contributed by atoms with E-state index in [1.807, 2.05) is 0 Å². The van der Waals surface area contributed by atoms with Crippen molar-refractivity contribution < 1.29 is 9.90 Å². The van der Waals surface area contributed by atoms with Crippen LogP contribution in [0.15, 0.2) is 24.3 Å². The lowest BCUT2D eigenvalue weighted by molar-refractivity contribution is -0.141. The molecule has 1 aliphatic rings. The lowest BCUT2D eigenvalue weighted by Crippen LogP contribution is -2.51. The molecule has 4 heteroatoms. The number of hydrogen-bond donors (Lipinski definition) is 1. The molecule has 1 amide bonds. The SMILES string of the molecule is Cc1cccc(C(C)N2CCN(C(=O)C(C)O)CC2)c1. The van der Waals surface area contributed by atoms with Crippen molar-refractivity contribution in [1.82, 2.24) is 9.80 Å². The van der Waals surface area contributed by atoms with Crippen LogP contribution in [0.5, 0.6) is 0 Å². The Morgan fingerprint density at radius 1 is 1.20 bits per heavy atom. The fourth-order valence-corrected chi connectivity index (χ4v) is 2.73. The van der Waals surface area contributed by atoms with E-state index in [1.54, 1.807) is 4.90 Å². The van der Waals surface area contributed by atoms with Crippen LogP contribution in [0, 0.1) is 6.92 Å². The molecule has 1 saturated heterocycles. The summed E-state index contributed by atoms with van der Waals surface area (Å²) in [6, 6.07) is 8.94. The second-order valence-electron chi connectivity index (χ2n) is 5.63. The first-order valence-corrected chi connectivity index (χ1v) is 7.26. The zero-order valence-electron chi connectivity index (χ0n) is 12.5. The molecule has 1 aromatic carbocycles. The first-order chi connectivity index (χ1) is 9.49. The molecule has 110 valence electrons. The van der Waals surface area contributed by atoms with E-state index in [0.29, 0.717) is 19.1 Å². The third-order valence-electron chi connectivity index (χ3n) is 4.06. The highest BCUT2D eigenvalue weighted by Crippen LogP contribution is 2.22. The second kappa shape index (κ2) is 6.37. The monoisotopic (exact) mass is 276 g/mol. The summed E-state index contributed by atoms with van der Waals surface area (Å²) in [5.41, 5.74) is 2.59. The van der Waals surface area contributed by atoms with Crippen LogP contribution < -0.4 is 0 Å². The maximum absolute atomic E-state index is 11.7. The smallest absolute Gasteiger partial charge is 0.251 e. The molecule has 0 aromatic heterocycles. The normalized spacial score (nSPS) is 19.7. The molecule has 20 heavy (non-hydrogen) atoms. The highest BCUT2D eigenvalue weighted by atomic mass is 16.3. The fraction of sp³-hybridized carbons (Fsp3) is 0.562. The molecule has 1 N–H and O–H groups in total. The Balaban J connectivity index is 1.95. The van der Waals surface area contributed by atoms with E-state index >= 15 is 0 Å². The van der Waals surface area contributed by atoms with Crippen LogP contribution in [0.1, 0.15) is 31.0 Å². The molecule has 0 spiro atoms. The zero-order valence-corrected chi connectivity index (χ0v) is 12.5. The number of rotatable bonds is 3. The van der Waals surface area contributed by atoms with Crippen LogP contribution in [0.4, 0.5) is 0 Å². The summed E-state index contributed by atoms with van der Waals surface area (Å²) in [6.07, 6.45) is -0.893. The van der Waals surface area contributed by atoms with Crippen molar-refractivity contribution in [2.75, 3.05) is 26.2 Å². The van der Waals surface area contributed by atoms with E-state index in [-0.39, 0.29) is 5.91 Å². The maximum Gasteiger partial charge on any atom is 0.251 e. The van der Waals surface area contributed by atoms with E-state index < -0.39 is 6.10 Å². The summed E-state index contributed by atoms with van der Waals surface area (Å²) in [6.45, 7) is 8.95. The molecule has 2 unspecified atom stereocenters. The third kappa shape index (κ3) is 3.38. The van der Waals surface area contributed by atoms with Crippen molar-refractivity contribution in [3.8, 4) is 0 Å². The molecule has 2 rings (SSSR count). The van der Waals surface area contributed by atoms with E-state index in [0.717, 1.165) is 13.1 Å². The Kier molecular flexibility index (Phi) is 4.78. The number of aryl methyl sites for hydroxylation is 1. The van der Waals surface area contributed by atoms with Crippen molar-refractivity contribution in [2.45, 2.75) is 32.9 Å². The predicted octanol–water partition coefficient (Wildman–Crippen LogP) is 1.58. The minimum absolute atomic E-state index is 0.159. The summed E-state index contributed by atoms with van der Waals surface area (Å²) in [7, 11) is 0. The van der Waals surface area contributed by atoms with Gasteiger partial charge in [-0.05, 0) is 26.3 Å². The average Bonchev–Trinajstić information content (AvgIpc) is 2.46. The van der Waals surface area contributed by atoms with Crippen LogP contribution in [0.25, 0.3) is 0 Å². The van der Waals surface area contributed by atoms with Crippen LogP contribution in [-0.2, 0) is 4.79 Å². The maximum atomic E-state index is 11.7. The summed E-state index contributed by atoms with van der Waals surface area (Å²) in [5.74, 6) is -0.159. The number of amides is 1. The van der Waals surface area contributed by atoms with Gasteiger partial charge in [-0.2, -0.15) is 0 Å². The van der Waals surface area contributed by atoms with Crippen molar-refractivity contribution in [1.29, 1.82) is 0 Å². The number of piperazine rings is 1. The van der Waals surface area contributed by atoms with Crippen molar-refractivity contribution >= 4 is 5.91 Å². The van der Waals surface area contributed by atoms with E-state index in [9.17, 15) is 9.90 Å². The molecule has 0 bridgehead atoms. The molecule has 0 saturated carbocycles. The Morgan fingerprint density at radius 2 is 1.85 bits per heavy atom. The Bertz CT molecular complexity index is 465. The van der Waals surface area contributed by atoms with Crippen molar-refractivity contribution in [2.24, 2.45) is 0 Å². The largest absolute Gasteiger partial charge is 0.384 e. The van der Waals surface area contributed by atoms with Crippen LogP contribution >= 0.6 is 0 Å². The number of benzene rings is 1. The summed E-state index contributed by atoms with van der Waals surface area (Å²) >= 11 is 0. The fourth-order valence-electron chi connectivity index (χ4n) is 2.73. The molecule has 0 aliphatic carbocycles. The van der Waals surface area contributed by atoms with Crippen molar-refractivity contribution in [3.05, 3.63) is 35.4 Å². The zero-order chi connectivity index (χ0) is 14.7. The van der Waals surface area contributed by atoms with Crippen LogP contribution in [-0.4, -0.2) is 53.1 Å². The molecule has 1 heterocycles. The number of aliphatic hydroxyl groups is 1. The van der Waals surface area contributed by atoms with Gasteiger partial charge in [0.2, 0.25) is 0 Å². The molecule has 0 radical (unpaired) electrons.